The highest BCUT2D eigenvalue weighted by Crippen LogP contribution is 2.26. The van der Waals surface area contributed by atoms with E-state index in [0.717, 1.165) is 12.8 Å². The van der Waals surface area contributed by atoms with Crippen LogP contribution in [-0.2, 0) is 15.0 Å². The topological polar surface area (TPSA) is 77.9 Å². The molecule has 0 bridgehead atoms. The first-order valence-corrected chi connectivity index (χ1v) is 8.33. The zero-order valence-electron chi connectivity index (χ0n) is 11.3. The van der Waals surface area contributed by atoms with Crippen LogP contribution in [0.4, 0.5) is 0 Å². The van der Waals surface area contributed by atoms with Crippen molar-refractivity contribution in [3.8, 4) is 0 Å². The summed E-state index contributed by atoms with van der Waals surface area (Å²) in [6.07, 6.45) is 3.09. The summed E-state index contributed by atoms with van der Waals surface area (Å²) in [5, 5.41) is 9.03. The van der Waals surface area contributed by atoms with Crippen molar-refractivity contribution >= 4 is 16.2 Å². The molecule has 0 aromatic rings. The van der Waals surface area contributed by atoms with Crippen LogP contribution in [0.15, 0.2) is 0 Å². The van der Waals surface area contributed by atoms with Gasteiger partial charge >= 0.3 is 5.97 Å². The highest BCUT2D eigenvalue weighted by atomic mass is 32.2. The van der Waals surface area contributed by atoms with Gasteiger partial charge in [-0.2, -0.15) is 17.0 Å². The first-order chi connectivity index (χ1) is 8.95. The molecule has 6 nitrogen and oxygen atoms in total. The highest BCUT2D eigenvalue weighted by Gasteiger charge is 2.38. The Hall–Kier alpha value is -0.660. The van der Waals surface area contributed by atoms with E-state index in [9.17, 15) is 13.2 Å². The molecule has 2 saturated heterocycles. The van der Waals surface area contributed by atoms with Crippen molar-refractivity contribution in [2.45, 2.75) is 32.6 Å². The van der Waals surface area contributed by atoms with Crippen LogP contribution >= 0.6 is 0 Å². The summed E-state index contributed by atoms with van der Waals surface area (Å²) < 4.78 is 27.8. The quantitative estimate of drug-likeness (QED) is 0.829. The number of nitrogens with zero attached hydrogens (tertiary/aromatic N) is 2. The summed E-state index contributed by atoms with van der Waals surface area (Å²) in [4.78, 5) is 11.0. The second kappa shape index (κ2) is 5.76. The minimum Gasteiger partial charge on any atom is -0.481 e. The molecule has 2 heterocycles. The van der Waals surface area contributed by atoms with Crippen molar-refractivity contribution in [3.63, 3.8) is 0 Å². The van der Waals surface area contributed by atoms with E-state index >= 15 is 0 Å². The molecule has 1 N–H and O–H groups in total. The first kappa shape index (κ1) is 14.7. The van der Waals surface area contributed by atoms with Crippen LogP contribution < -0.4 is 0 Å². The summed E-state index contributed by atoms with van der Waals surface area (Å²) in [7, 11) is -3.47. The third-order valence-electron chi connectivity index (χ3n) is 4.21. The third kappa shape index (κ3) is 3.09. The SMILES string of the molecule is CCC1CCN(S(=O)(=O)N2CCCC(C(=O)O)C2)C1. The Kier molecular flexibility index (Phi) is 4.47. The maximum Gasteiger partial charge on any atom is 0.307 e. The summed E-state index contributed by atoms with van der Waals surface area (Å²) >= 11 is 0. The van der Waals surface area contributed by atoms with Crippen molar-refractivity contribution in [2.75, 3.05) is 26.2 Å². The first-order valence-electron chi connectivity index (χ1n) is 6.93. The fourth-order valence-corrected chi connectivity index (χ4v) is 4.65. The fourth-order valence-electron chi connectivity index (χ4n) is 2.86. The van der Waals surface area contributed by atoms with E-state index in [2.05, 4.69) is 6.92 Å². The molecule has 2 rings (SSSR count). The summed E-state index contributed by atoms with van der Waals surface area (Å²) in [6.45, 7) is 3.77. The van der Waals surface area contributed by atoms with Gasteiger partial charge in [-0.15, -0.1) is 0 Å². The molecule has 7 heteroatoms. The van der Waals surface area contributed by atoms with Crippen LogP contribution in [0, 0.1) is 11.8 Å². The molecule has 0 aliphatic carbocycles. The van der Waals surface area contributed by atoms with Gasteiger partial charge in [0.1, 0.15) is 0 Å². The van der Waals surface area contributed by atoms with Gasteiger partial charge in [0.05, 0.1) is 5.92 Å². The van der Waals surface area contributed by atoms with Crippen molar-refractivity contribution in [3.05, 3.63) is 0 Å². The molecule has 2 unspecified atom stereocenters. The lowest BCUT2D eigenvalue weighted by Gasteiger charge is -2.32. The molecule has 19 heavy (non-hydrogen) atoms. The molecule has 0 aromatic carbocycles. The maximum absolute atomic E-state index is 12.5. The normalized spacial score (nSPS) is 30.6. The monoisotopic (exact) mass is 290 g/mol. The lowest BCUT2D eigenvalue weighted by Crippen LogP contribution is -2.48. The molecular weight excluding hydrogens is 268 g/mol. The molecule has 2 atom stereocenters. The van der Waals surface area contributed by atoms with E-state index in [-0.39, 0.29) is 6.54 Å². The number of aliphatic carboxylic acids is 1. The molecule has 2 aliphatic rings. The summed E-state index contributed by atoms with van der Waals surface area (Å²) in [5.41, 5.74) is 0. The van der Waals surface area contributed by atoms with Crippen LogP contribution in [0.5, 0.6) is 0 Å². The van der Waals surface area contributed by atoms with Gasteiger partial charge in [-0.1, -0.05) is 13.3 Å². The van der Waals surface area contributed by atoms with Gasteiger partial charge in [0.15, 0.2) is 0 Å². The van der Waals surface area contributed by atoms with E-state index < -0.39 is 22.1 Å². The molecule has 0 aromatic heterocycles. The number of hydrogen-bond acceptors (Lipinski definition) is 3. The standard InChI is InChI=1S/C12H22N2O4S/c1-2-10-5-7-14(8-10)19(17,18)13-6-3-4-11(9-13)12(15)16/h10-11H,2-9H2,1H3,(H,15,16). The Labute approximate surface area is 114 Å². The molecule has 2 fully saturated rings. The van der Waals surface area contributed by atoms with Crippen LogP contribution in [0.2, 0.25) is 0 Å². The Morgan fingerprint density at radius 1 is 1.21 bits per heavy atom. The molecule has 110 valence electrons. The van der Waals surface area contributed by atoms with Crippen molar-refractivity contribution in [2.24, 2.45) is 11.8 Å². The van der Waals surface area contributed by atoms with E-state index in [0.29, 0.717) is 38.4 Å². The molecule has 0 amide bonds. The van der Waals surface area contributed by atoms with E-state index in [4.69, 9.17) is 5.11 Å². The van der Waals surface area contributed by atoms with Crippen LogP contribution in [0.1, 0.15) is 32.6 Å². The summed E-state index contributed by atoms with van der Waals surface area (Å²) in [5.74, 6) is -1.02. The Bertz CT molecular complexity index is 437. The van der Waals surface area contributed by atoms with Crippen LogP contribution in [0.3, 0.4) is 0 Å². The minimum atomic E-state index is -3.47. The third-order valence-corrected chi connectivity index (χ3v) is 6.18. The van der Waals surface area contributed by atoms with Gasteiger partial charge in [-0.25, -0.2) is 0 Å². The Balaban J connectivity index is 2.05. The van der Waals surface area contributed by atoms with Crippen molar-refractivity contribution in [1.29, 1.82) is 0 Å². The van der Waals surface area contributed by atoms with Gasteiger partial charge < -0.3 is 5.11 Å². The lowest BCUT2D eigenvalue weighted by atomic mass is 10.0. The Morgan fingerprint density at radius 3 is 2.47 bits per heavy atom. The predicted octanol–water partition coefficient (Wildman–Crippen LogP) is 0.760. The van der Waals surface area contributed by atoms with Gasteiger partial charge in [0.25, 0.3) is 10.2 Å². The van der Waals surface area contributed by atoms with Gasteiger partial charge in [-0.05, 0) is 25.2 Å². The largest absolute Gasteiger partial charge is 0.481 e. The maximum atomic E-state index is 12.5. The van der Waals surface area contributed by atoms with E-state index in [1.807, 2.05) is 0 Å². The molecule has 0 saturated carbocycles. The van der Waals surface area contributed by atoms with Gasteiger partial charge in [0, 0.05) is 26.2 Å². The predicted molar refractivity (Wildman–Crippen MR) is 70.8 cm³/mol. The van der Waals surface area contributed by atoms with Crippen LogP contribution in [-0.4, -0.2) is 54.3 Å². The van der Waals surface area contributed by atoms with E-state index in [1.165, 1.54) is 8.61 Å². The van der Waals surface area contributed by atoms with Crippen molar-refractivity contribution in [1.82, 2.24) is 8.61 Å². The lowest BCUT2D eigenvalue weighted by molar-refractivity contribution is -0.142. The minimum absolute atomic E-state index is 0.116. The second-order valence-electron chi connectivity index (χ2n) is 5.46. The molecule has 0 radical (unpaired) electrons. The second-order valence-corrected chi connectivity index (χ2v) is 7.39. The van der Waals surface area contributed by atoms with Crippen LogP contribution in [0.25, 0.3) is 0 Å². The number of hydrogen-bond donors (Lipinski definition) is 1. The number of piperidine rings is 1. The average Bonchev–Trinajstić information content (AvgIpc) is 2.88. The average molecular weight is 290 g/mol. The number of carbonyl (C=O) groups is 1. The highest BCUT2D eigenvalue weighted by molar-refractivity contribution is 7.86. The van der Waals surface area contributed by atoms with E-state index in [1.54, 1.807) is 0 Å². The number of carboxylic acid groups (broad SMARTS) is 1. The zero-order valence-corrected chi connectivity index (χ0v) is 12.1. The molecular formula is C12H22N2O4S. The fraction of sp³-hybridized carbons (Fsp3) is 0.917. The molecule has 0 spiro atoms. The number of rotatable bonds is 4. The molecule has 2 aliphatic heterocycles. The van der Waals surface area contributed by atoms with Crippen molar-refractivity contribution < 1.29 is 18.3 Å². The van der Waals surface area contributed by atoms with Gasteiger partial charge in [0.2, 0.25) is 0 Å². The Morgan fingerprint density at radius 2 is 1.89 bits per heavy atom. The zero-order chi connectivity index (χ0) is 14.0. The smallest absolute Gasteiger partial charge is 0.307 e. The number of carboxylic acids is 1. The van der Waals surface area contributed by atoms with Gasteiger partial charge in [-0.3, -0.25) is 4.79 Å². The summed E-state index contributed by atoms with van der Waals surface area (Å²) in [6, 6.07) is 0.